The van der Waals surface area contributed by atoms with Gasteiger partial charge in [-0.25, -0.2) is 13.1 Å². The molecule has 0 spiro atoms. The summed E-state index contributed by atoms with van der Waals surface area (Å²) in [5, 5.41) is 2.73. The zero-order valence-corrected chi connectivity index (χ0v) is 16.6. The second-order valence-corrected chi connectivity index (χ2v) is 8.42. The Balaban J connectivity index is 0.00000338. The van der Waals surface area contributed by atoms with Crippen molar-refractivity contribution in [2.45, 2.75) is 37.8 Å². The zero-order valence-electron chi connectivity index (χ0n) is 14.9. The Bertz CT molecular complexity index is 877. The second-order valence-electron chi connectivity index (χ2n) is 6.77. The Kier molecular flexibility index (Phi) is 7.20. The fourth-order valence-corrected chi connectivity index (χ4v) is 3.99. The highest BCUT2D eigenvalue weighted by atomic mass is 35.5. The molecule has 4 N–H and O–H groups in total. The van der Waals surface area contributed by atoms with Crippen molar-refractivity contribution in [3.63, 3.8) is 0 Å². The molecule has 0 aliphatic heterocycles. The van der Waals surface area contributed by atoms with Crippen molar-refractivity contribution in [3.8, 4) is 0 Å². The highest BCUT2D eigenvalue weighted by Crippen LogP contribution is 2.18. The van der Waals surface area contributed by atoms with E-state index >= 15 is 0 Å². The third-order valence-electron chi connectivity index (χ3n) is 3.29. The van der Waals surface area contributed by atoms with Gasteiger partial charge in [0.1, 0.15) is 0 Å². The second kappa shape index (κ2) is 8.53. The first-order valence-corrected chi connectivity index (χ1v) is 9.32. The first-order chi connectivity index (χ1) is 11.6. The number of sulfonamides is 1. The number of carbonyl (C=O) groups is 1. The number of halogens is 1. The van der Waals surface area contributed by atoms with Crippen molar-refractivity contribution in [1.29, 1.82) is 0 Å². The molecule has 8 heteroatoms. The van der Waals surface area contributed by atoms with Crippen LogP contribution in [0.2, 0.25) is 0 Å². The molecule has 0 unspecified atom stereocenters. The summed E-state index contributed by atoms with van der Waals surface area (Å²) in [4.78, 5) is 12.4. The van der Waals surface area contributed by atoms with Gasteiger partial charge in [-0.05, 0) is 50.6 Å². The lowest BCUT2D eigenvalue weighted by atomic mass is 10.1. The molecule has 0 saturated heterocycles. The summed E-state index contributed by atoms with van der Waals surface area (Å²) in [7, 11) is -3.69. The van der Waals surface area contributed by atoms with E-state index in [-0.39, 0.29) is 29.8 Å². The van der Waals surface area contributed by atoms with E-state index in [0.717, 1.165) is 0 Å². The summed E-state index contributed by atoms with van der Waals surface area (Å²) in [6.07, 6.45) is 0. The van der Waals surface area contributed by atoms with Gasteiger partial charge in [0.15, 0.2) is 0 Å². The number of nitrogens with two attached hydrogens (primary N) is 1. The quantitative estimate of drug-likeness (QED) is 0.675. The van der Waals surface area contributed by atoms with Crippen molar-refractivity contribution in [3.05, 3.63) is 59.7 Å². The lowest BCUT2D eigenvalue weighted by Crippen LogP contribution is -2.41. The predicted octanol–water partition coefficient (Wildman–Crippen LogP) is 2.70. The van der Waals surface area contributed by atoms with Gasteiger partial charge in [-0.3, -0.25) is 4.79 Å². The predicted molar refractivity (Wildman–Crippen MR) is 106 cm³/mol. The Labute approximate surface area is 160 Å². The molecule has 142 valence electrons. The highest BCUT2D eigenvalue weighted by molar-refractivity contribution is 7.89. The van der Waals surface area contributed by atoms with Crippen LogP contribution in [0.5, 0.6) is 0 Å². The van der Waals surface area contributed by atoms with E-state index in [1.165, 1.54) is 6.07 Å². The normalized spacial score (nSPS) is 11.5. The third-order valence-corrected chi connectivity index (χ3v) is 5.15. The molecule has 0 aliphatic rings. The van der Waals surface area contributed by atoms with Gasteiger partial charge >= 0.3 is 0 Å². The van der Waals surface area contributed by atoms with E-state index in [1.54, 1.807) is 63.2 Å². The van der Waals surface area contributed by atoms with Crippen LogP contribution < -0.4 is 15.8 Å². The maximum absolute atomic E-state index is 12.6. The topological polar surface area (TPSA) is 101 Å². The molecule has 2 rings (SSSR count). The Morgan fingerprint density at radius 3 is 2.35 bits per heavy atom. The number of nitrogens with one attached hydrogen (secondary N) is 2. The molecule has 0 radical (unpaired) electrons. The minimum atomic E-state index is -3.69. The van der Waals surface area contributed by atoms with E-state index in [2.05, 4.69) is 10.0 Å². The number of hydrogen-bond donors (Lipinski definition) is 3. The van der Waals surface area contributed by atoms with Gasteiger partial charge in [-0.2, -0.15) is 0 Å². The molecule has 1 amide bonds. The molecule has 2 aromatic rings. The van der Waals surface area contributed by atoms with E-state index in [1.807, 2.05) is 0 Å². The minimum absolute atomic E-state index is 0. The smallest absolute Gasteiger partial charge is 0.251 e. The van der Waals surface area contributed by atoms with E-state index in [4.69, 9.17) is 5.73 Å². The van der Waals surface area contributed by atoms with Gasteiger partial charge in [0.25, 0.3) is 5.91 Å². The molecule has 0 heterocycles. The molecular weight excluding hydrogens is 374 g/mol. The zero-order chi connectivity index (χ0) is 18.7. The molecule has 0 aromatic heterocycles. The molecule has 6 nitrogen and oxygen atoms in total. The van der Waals surface area contributed by atoms with Crippen molar-refractivity contribution < 1.29 is 13.2 Å². The fourth-order valence-electron chi connectivity index (χ4n) is 2.33. The largest absolute Gasteiger partial charge is 0.399 e. The summed E-state index contributed by atoms with van der Waals surface area (Å²) in [5.74, 6) is -0.316. The molecule has 0 bridgehead atoms. The fraction of sp³-hybridized carbons (Fsp3) is 0.278. The van der Waals surface area contributed by atoms with Gasteiger partial charge in [-0.15, -0.1) is 12.4 Å². The molecular formula is C18H24ClN3O3S. The monoisotopic (exact) mass is 397 g/mol. The van der Waals surface area contributed by atoms with Crippen LogP contribution in [-0.2, 0) is 16.6 Å². The first kappa shape index (κ1) is 22.0. The van der Waals surface area contributed by atoms with Crippen LogP contribution in [0.3, 0.4) is 0 Å². The Morgan fingerprint density at radius 1 is 1.08 bits per heavy atom. The van der Waals surface area contributed by atoms with E-state index < -0.39 is 15.6 Å². The van der Waals surface area contributed by atoms with E-state index in [9.17, 15) is 13.2 Å². The number of benzene rings is 2. The lowest BCUT2D eigenvalue weighted by Gasteiger charge is -2.21. The maximum Gasteiger partial charge on any atom is 0.251 e. The third kappa shape index (κ3) is 6.01. The summed E-state index contributed by atoms with van der Waals surface area (Å²) in [6.45, 7) is 5.41. The first-order valence-electron chi connectivity index (χ1n) is 7.84. The molecule has 0 saturated carbocycles. The van der Waals surface area contributed by atoms with E-state index in [0.29, 0.717) is 16.8 Å². The van der Waals surface area contributed by atoms with Crippen LogP contribution in [0.25, 0.3) is 0 Å². The van der Waals surface area contributed by atoms with Gasteiger partial charge in [0.2, 0.25) is 10.0 Å². The van der Waals surface area contributed by atoms with Gasteiger partial charge < -0.3 is 11.1 Å². The number of anilines is 1. The Hall–Kier alpha value is -2.09. The van der Waals surface area contributed by atoms with Crippen LogP contribution in [0.1, 0.15) is 36.7 Å². The average molecular weight is 398 g/mol. The van der Waals surface area contributed by atoms with Crippen LogP contribution in [0, 0.1) is 0 Å². The average Bonchev–Trinajstić information content (AvgIpc) is 2.50. The summed E-state index contributed by atoms with van der Waals surface area (Å²) in [6, 6.07) is 13.2. The molecule has 0 aliphatic carbocycles. The van der Waals surface area contributed by atoms with Gasteiger partial charge in [0, 0.05) is 23.3 Å². The standard InChI is InChI=1S/C18H23N3O3S.ClH/c1-18(2,3)21-25(23,24)16-10-5-4-7-14(16)12-20-17(22)13-8-6-9-15(19)11-13;/h4-11,21H,12,19H2,1-3H3,(H,20,22);1H. The molecule has 2 aromatic carbocycles. The maximum atomic E-state index is 12.6. The number of nitrogen functional groups attached to an aromatic ring is 1. The van der Waals surface area contributed by atoms with Gasteiger partial charge in [0.05, 0.1) is 4.90 Å². The molecule has 26 heavy (non-hydrogen) atoms. The van der Waals surface area contributed by atoms with Crippen LogP contribution >= 0.6 is 12.4 Å². The van der Waals surface area contributed by atoms with Gasteiger partial charge in [-0.1, -0.05) is 24.3 Å². The Morgan fingerprint density at radius 2 is 1.73 bits per heavy atom. The van der Waals surface area contributed by atoms with Crippen molar-refractivity contribution >= 4 is 34.0 Å². The van der Waals surface area contributed by atoms with Crippen LogP contribution in [0.15, 0.2) is 53.4 Å². The lowest BCUT2D eigenvalue weighted by molar-refractivity contribution is 0.0950. The SMILES string of the molecule is CC(C)(C)NS(=O)(=O)c1ccccc1CNC(=O)c1cccc(N)c1.Cl. The summed E-state index contributed by atoms with van der Waals surface area (Å²) in [5.41, 5.74) is 6.50. The number of hydrogen-bond acceptors (Lipinski definition) is 4. The van der Waals surface area contributed by atoms with Crippen LogP contribution in [0.4, 0.5) is 5.69 Å². The van der Waals surface area contributed by atoms with Crippen LogP contribution in [-0.4, -0.2) is 19.9 Å². The molecule has 0 fully saturated rings. The number of amides is 1. The van der Waals surface area contributed by atoms with Crippen molar-refractivity contribution in [2.24, 2.45) is 0 Å². The van der Waals surface area contributed by atoms with Crippen molar-refractivity contribution in [1.82, 2.24) is 10.0 Å². The molecule has 0 atom stereocenters. The van der Waals surface area contributed by atoms with Crippen molar-refractivity contribution in [2.75, 3.05) is 5.73 Å². The highest BCUT2D eigenvalue weighted by Gasteiger charge is 2.24. The minimum Gasteiger partial charge on any atom is -0.399 e. The summed E-state index contributed by atoms with van der Waals surface area (Å²) >= 11 is 0. The number of carbonyl (C=O) groups excluding carboxylic acids is 1. The summed E-state index contributed by atoms with van der Waals surface area (Å²) < 4.78 is 27.8. The number of rotatable bonds is 5.